The minimum absolute atomic E-state index is 0.0201. The number of nitrogen functional groups attached to an aromatic ring is 1. The van der Waals surface area contributed by atoms with Crippen LogP contribution in [0.15, 0.2) is 187 Å². The van der Waals surface area contributed by atoms with Gasteiger partial charge < -0.3 is 66.5 Å². The number of aliphatic carboxylic acids is 2. The lowest BCUT2D eigenvalue weighted by atomic mass is 10.0. The summed E-state index contributed by atoms with van der Waals surface area (Å²) < 4.78 is 31.2. The van der Waals surface area contributed by atoms with Gasteiger partial charge in [-0.2, -0.15) is 4.99 Å². The Labute approximate surface area is 883 Å². The van der Waals surface area contributed by atoms with E-state index < -0.39 is 81.0 Å². The second kappa shape index (κ2) is 86.9. The number of nitro benzene ring substituents is 3. The molecule has 0 aliphatic rings. The fourth-order valence-corrected chi connectivity index (χ4v) is 16.3. The molecule has 10 N–H and O–H groups in total. The van der Waals surface area contributed by atoms with Crippen molar-refractivity contribution in [3.05, 3.63) is 251 Å². The number of nitrogens with zero attached hydrogens (tertiary/aromatic N) is 5. The summed E-state index contributed by atoms with van der Waals surface area (Å²) >= 11 is 0. The van der Waals surface area contributed by atoms with Crippen molar-refractivity contribution in [2.45, 2.75) is 404 Å². The van der Waals surface area contributed by atoms with Crippen LogP contribution in [0.1, 0.15) is 368 Å². The van der Waals surface area contributed by atoms with Gasteiger partial charge in [-0.05, 0) is 95.3 Å². The highest BCUT2D eigenvalue weighted by Gasteiger charge is 2.27. The summed E-state index contributed by atoms with van der Waals surface area (Å²) in [5.74, 6) is -3.26. The number of ether oxygens (including phenoxy) is 6. The molecule has 149 heavy (non-hydrogen) atoms. The summed E-state index contributed by atoms with van der Waals surface area (Å²) in [6.07, 6.45) is 64.9. The zero-order chi connectivity index (χ0) is 109. The van der Waals surface area contributed by atoms with Gasteiger partial charge in [-0.25, -0.2) is 28.8 Å². The topological polar surface area (TPSA) is 500 Å². The van der Waals surface area contributed by atoms with Crippen LogP contribution in [0.2, 0.25) is 0 Å². The molecule has 32 heteroatoms. The summed E-state index contributed by atoms with van der Waals surface area (Å²) in [6, 6.07) is 44.7. The van der Waals surface area contributed by atoms with Crippen molar-refractivity contribution in [1.29, 1.82) is 5.26 Å². The number of unbranched alkanes of at least 4 members (excludes halogenated alkanes) is 45. The molecule has 32 nitrogen and oxygen atoms in total. The van der Waals surface area contributed by atoms with Crippen molar-refractivity contribution < 1.29 is 91.8 Å². The minimum Gasteiger partial charge on any atom is -0.480 e. The predicted molar refractivity (Wildman–Crippen MR) is 583 cm³/mol. The van der Waals surface area contributed by atoms with E-state index in [1.54, 1.807) is 66.9 Å². The van der Waals surface area contributed by atoms with Gasteiger partial charge in [0.1, 0.15) is 43.1 Å². The number of non-ortho nitro benzene ring substituents is 3. The fourth-order valence-electron chi connectivity index (χ4n) is 16.3. The number of isocyanates is 1. The van der Waals surface area contributed by atoms with Gasteiger partial charge in [-0.1, -0.05) is 431 Å². The summed E-state index contributed by atoms with van der Waals surface area (Å²) in [7, 11) is 0. The van der Waals surface area contributed by atoms with E-state index in [9.17, 15) is 73.8 Å². The first kappa shape index (κ1) is 130. The van der Waals surface area contributed by atoms with Crippen LogP contribution in [0, 0.1) is 41.9 Å². The van der Waals surface area contributed by atoms with Crippen molar-refractivity contribution in [3.63, 3.8) is 0 Å². The number of aliphatic imine (C=N–C) groups is 1. The summed E-state index contributed by atoms with van der Waals surface area (Å²) in [6.45, 7) is 8.01. The van der Waals surface area contributed by atoms with Crippen molar-refractivity contribution in [1.82, 2.24) is 10.6 Å². The van der Waals surface area contributed by atoms with Gasteiger partial charge in [-0.3, -0.25) is 39.9 Å². The Morgan fingerprint density at radius 1 is 0.329 bits per heavy atom. The average Bonchev–Trinajstić information content (AvgIpc) is 0.864. The molecule has 7 rings (SSSR count). The SMILES string of the molecule is CCCCCCCCCCCCCCCCCCOC(=O)C(Cc1ccc(OC#N)cc1)N=C=O.CCCCCCCCCCCCCCCCCCOC(=O)C(Cc1ccc([N+](=O)[O-])cc1)NC(=O)OCc1ccccc1.CCCCCCCCCCCCCCCCCCOC(=O)C(N)Cc1ccc(N)cc1.NC(Cc1ccc([N+](=O)[O-])cc1)C(=O)O.O=C(NC(Cc1ccc([N+](=O)[O-])cc1)C(=O)O)OCc1ccccc1. The van der Waals surface area contributed by atoms with Gasteiger partial charge in [-0.15, -0.1) is 5.26 Å². The average molecular weight is 2070 g/mol. The summed E-state index contributed by atoms with van der Waals surface area (Å²) in [5.41, 5.74) is 22.8. The van der Waals surface area contributed by atoms with Crippen molar-refractivity contribution in [3.8, 4) is 12.0 Å². The molecule has 0 aromatic heterocycles. The highest BCUT2D eigenvalue weighted by molar-refractivity contribution is 5.82. The number of rotatable bonds is 77. The number of nitrogens with one attached hydrogen (secondary N) is 2. The molecule has 0 aliphatic heterocycles. The van der Waals surface area contributed by atoms with E-state index in [1.165, 1.54) is 324 Å². The van der Waals surface area contributed by atoms with Gasteiger partial charge in [0.25, 0.3) is 23.3 Å². The number of nitrogens with two attached hydrogens (primary N) is 3. The van der Waals surface area contributed by atoms with Crippen LogP contribution in [-0.4, -0.2) is 123 Å². The largest absolute Gasteiger partial charge is 0.480 e. The molecular formula is C117H170N10O22. The number of hydrogen-bond acceptors (Lipinski definition) is 25. The number of hydrogen-bond donors (Lipinski definition) is 7. The van der Waals surface area contributed by atoms with E-state index in [0.717, 1.165) is 73.6 Å². The van der Waals surface area contributed by atoms with Gasteiger partial charge in [0.15, 0.2) is 6.04 Å². The van der Waals surface area contributed by atoms with Gasteiger partial charge >= 0.3 is 42.0 Å². The van der Waals surface area contributed by atoms with Crippen molar-refractivity contribution in [2.75, 3.05) is 25.6 Å². The first-order valence-electron chi connectivity index (χ1n) is 54.5. The molecule has 0 aliphatic carbocycles. The van der Waals surface area contributed by atoms with Crippen LogP contribution in [0.4, 0.5) is 32.3 Å². The van der Waals surface area contributed by atoms with E-state index in [0.29, 0.717) is 47.8 Å². The smallest absolute Gasteiger partial charge is 0.408 e. The Kier molecular flexibility index (Phi) is 76.0. The Morgan fingerprint density at radius 2 is 0.597 bits per heavy atom. The molecule has 7 aromatic carbocycles. The van der Waals surface area contributed by atoms with Gasteiger partial charge in [0.05, 0.1) is 34.6 Å². The van der Waals surface area contributed by atoms with Crippen LogP contribution >= 0.6 is 0 Å². The zero-order valence-corrected chi connectivity index (χ0v) is 88.7. The molecule has 5 unspecified atom stereocenters. The molecule has 820 valence electrons. The maximum Gasteiger partial charge on any atom is 0.408 e. The molecule has 0 fully saturated rings. The number of amides is 2. The van der Waals surface area contributed by atoms with Crippen LogP contribution in [0.3, 0.4) is 0 Å². The first-order valence-corrected chi connectivity index (χ1v) is 54.5. The molecule has 0 heterocycles. The Balaban J connectivity index is 0.000000493. The lowest BCUT2D eigenvalue weighted by Crippen LogP contribution is -2.43. The molecule has 0 saturated carbocycles. The van der Waals surface area contributed by atoms with Crippen LogP contribution in [0.5, 0.6) is 5.75 Å². The third kappa shape index (κ3) is 69.0. The number of nitriles is 1. The first-order chi connectivity index (χ1) is 72.3. The number of nitro groups is 3. The van der Waals surface area contributed by atoms with E-state index in [-0.39, 0.29) is 68.5 Å². The summed E-state index contributed by atoms with van der Waals surface area (Å²) in [5, 5.41) is 63.1. The Hall–Kier alpha value is -13.0. The van der Waals surface area contributed by atoms with E-state index in [1.807, 2.05) is 60.7 Å². The van der Waals surface area contributed by atoms with Crippen molar-refractivity contribution >= 4 is 70.9 Å². The normalized spacial score (nSPS) is 11.6. The van der Waals surface area contributed by atoms with Crippen LogP contribution in [-0.2, 0) is 97.8 Å². The number of benzene rings is 7. The standard InChI is InChI=1S/C35H52N2O6.C29H44N2O4.C27H48N2O2.C17H16N2O6.C9H10N2O4/c1-2-3-4-5-6-7-8-9-10-11-12-13-14-15-16-20-27-42-34(38)33(28-30-23-25-32(26-24-30)37(40)41)36-35(39)43-29-31-21-18-17-19-22-31;1-2-3-4-5-6-7-8-9-10-11-12-13-14-15-16-17-22-34-29(33)28(31-25-32)23-26-18-20-27(21-19-26)35-24-30;1-2-3-4-5-6-7-8-9-10-11-12-13-14-15-16-17-22-31-27(30)26(29)23-24-18-20-25(28)21-19-24;20-16(21)15(10-12-6-8-14(9-7-12)19(23)24)18-17(22)25-11-13-4-2-1-3-5-13;10-8(9(12)13)5-6-1-3-7(4-2-6)11(14)15/h17-19,21-26,33H,2-16,20,27-29H2,1H3,(H,36,39);18-21,28H,2-17,22-23H2,1H3;18-21,26H,2-17,22-23,28-29H2,1H3;1-9,15H,10-11H2,(H,18,22)(H,20,21);1-4,8H,5,10H2,(H,12,13). The lowest BCUT2D eigenvalue weighted by molar-refractivity contribution is -0.385. The molecule has 0 bridgehead atoms. The number of alkyl carbamates (subject to hydrolysis) is 2. The highest BCUT2D eigenvalue weighted by Crippen LogP contribution is 2.24. The highest BCUT2D eigenvalue weighted by atomic mass is 16.6. The monoisotopic (exact) mass is 2070 g/mol. The second-order valence-corrected chi connectivity index (χ2v) is 37.9. The van der Waals surface area contributed by atoms with E-state index in [2.05, 4.69) is 36.4 Å². The minimum atomic E-state index is -1.23. The number of anilines is 1. The summed E-state index contributed by atoms with van der Waals surface area (Å²) in [4.78, 5) is 128. The molecule has 0 spiro atoms. The third-order valence-corrected chi connectivity index (χ3v) is 25.1. The maximum atomic E-state index is 12.9. The molecular weight excluding hydrogens is 1900 g/mol. The van der Waals surface area contributed by atoms with Crippen LogP contribution < -0.4 is 32.6 Å². The van der Waals surface area contributed by atoms with Crippen molar-refractivity contribution in [2.24, 2.45) is 16.5 Å². The zero-order valence-electron chi connectivity index (χ0n) is 88.7. The molecule has 5 atom stereocenters. The quantitative estimate of drug-likeness (QED) is 0.00214. The lowest BCUT2D eigenvalue weighted by Gasteiger charge is -2.18. The van der Waals surface area contributed by atoms with E-state index >= 15 is 0 Å². The Bertz CT molecular complexity index is 4820. The fraction of sp³-hybridized carbons (Fsp3) is 0.564. The van der Waals surface area contributed by atoms with Crippen LogP contribution in [0.25, 0.3) is 0 Å². The number of esters is 3. The third-order valence-electron chi connectivity index (χ3n) is 25.1. The van der Waals surface area contributed by atoms with Gasteiger partial charge in [0, 0.05) is 61.3 Å². The molecule has 7 aromatic rings. The number of carboxylic acid groups (broad SMARTS) is 2. The van der Waals surface area contributed by atoms with E-state index in [4.69, 9.17) is 56.0 Å². The molecule has 0 saturated heterocycles. The number of carboxylic acids is 2. The second-order valence-electron chi connectivity index (χ2n) is 37.9. The Morgan fingerprint density at radius 3 is 0.899 bits per heavy atom. The maximum absolute atomic E-state index is 12.9. The predicted octanol–water partition coefficient (Wildman–Crippen LogP) is 26.8. The number of carbonyl (C=O) groups excluding carboxylic acids is 6. The van der Waals surface area contributed by atoms with Gasteiger partial charge in [0.2, 0.25) is 6.08 Å². The molecule has 0 radical (unpaired) electrons. The molecule has 2 amide bonds. The number of carbonyl (C=O) groups is 7.